The summed E-state index contributed by atoms with van der Waals surface area (Å²) < 4.78 is 0. The summed E-state index contributed by atoms with van der Waals surface area (Å²) in [6, 6.07) is 42.1. The zero-order chi connectivity index (χ0) is 31.9. The molecule has 4 aromatic rings. The second-order valence-electron chi connectivity index (χ2n) is 11.9. The maximum atomic E-state index is 5.56. The molecule has 4 aromatic carbocycles. The van der Waals surface area contributed by atoms with Crippen LogP contribution in [-0.4, -0.2) is 22.8 Å². The number of allylic oxidation sites excluding steroid dienone is 12. The molecule has 5 aliphatic heterocycles. The third kappa shape index (κ3) is 5.76. The van der Waals surface area contributed by atoms with Crippen molar-refractivity contribution < 1.29 is 17.1 Å². The van der Waals surface area contributed by atoms with E-state index < -0.39 is 0 Å². The molecule has 0 atom stereocenters. The van der Waals surface area contributed by atoms with Crippen LogP contribution < -0.4 is 0 Å². The van der Waals surface area contributed by atoms with Gasteiger partial charge in [0, 0.05) is 39.4 Å². The van der Waals surface area contributed by atoms with E-state index in [1.807, 2.05) is 36.4 Å². The van der Waals surface area contributed by atoms with Gasteiger partial charge in [-0.1, -0.05) is 121 Å². The van der Waals surface area contributed by atoms with Gasteiger partial charge >= 0.3 is 0 Å². The van der Waals surface area contributed by atoms with Gasteiger partial charge in [0.2, 0.25) is 0 Å². The molecule has 0 amide bonds. The Hall–Kier alpha value is -6.00. The van der Waals surface area contributed by atoms with E-state index in [0.717, 1.165) is 90.2 Å². The maximum absolute atomic E-state index is 5.56. The van der Waals surface area contributed by atoms with Crippen LogP contribution in [-0.2, 0) is 17.1 Å². The Labute approximate surface area is 296 Å². The quantitative estimate of drug-likeness (QED) is 0.194. The zero-order valence-electron chi connectivity index (χ0n) is 26.3. The van der Waals surface area contributed by atoms with Gasteiger partial charge in [0.15, 0.2) is 0 Å². The van der Waals surface area contributed by atoms with E-state index in [1.165, 1.54) is 0 Å². The van der Waals surface area contributed by atoms with Gasteiger partial charge in [-0.3, -0.25) is 0 Å². The van der Waals surface area contributed by atoms with Gasteiger partial charge in [-0.15, -0.1) is 0 Å². The number of benzene rings is 4. The minimum Gasteiger partial charge on any atom is -0.249 e. The average molecular weight is 676 g/mol. The Bertz CT molecular complexity index is 2380. The van der Waals surface area contributed by atoms with E-state index in [9.17, 15) is 0 Å². The molecule has 5 aliphatic rings. The molecular weight excluding hydrogens is 648 g/mol. The van der Waals surface area contributed by atoms with E-state index in [1.54, 1.807) is 0 Å². The molecule has 0 fully saturated rings. The smallest absolute Gasteiger partial charge is 0.0822 e. The van der Waals surface area contributed by atoms with Gasteiger partial charge in [-0.25, -0.2) is 20.0 Å². The van der Waals surface area contributed by atoms with Gasteiger partial charge in [0.1, 0.15) is 0 Å². The number of nitrogens with zero attached hydrogens (tertiary/aromatic N) is 4. The van der Waals surface area contributed by atoms with Crippen molar-refractivity contribution >= 4 is 45.1 Å². The predicted octanol–water partition coefficient (Wildman–Crippen LogP) is 9.69. The van der Waals surface area contributed by atoms with E-state index >= 15 is 0 Å². The van der Waals surface area contributed by atoms with Gasteiger partial charge in [-0.05, 0) is 70.9 Å². The Balaban J connectivity index is 0.00000348. The van der Waals surface area contributed by atoms with Gasteiger partial charge in [-0.2, -0.15) is 0 Å². The third-order valence-corrected chi connectivity index (χ3v) is 8.75. The molecule has 5 heterocycles. The fourth-order valence-electron chi connectivity index (χ4n) is 6.63. The molecule has 4 nitrogen and oxygen atoms in total. The summed E-state index contributed by atoms with van der Waals surface area (Å²) in [6.45, 7) is 0. The summed E-state index contributed by atoms with van der Waals surface area (Å²) in [6.07, 6.45) is 16.5. The molecule has 5 heteroatoms. The Kier molecular flexibility index (Phi) is 7.98. The SMILES string of the molecule is C1=CC2=NC1=CC1=NC(=C(c3ccccc3)C3=NC(=CC4=NC(=C2)C=C4)C=C3c2ccccc2)C(c2ccccc2)=C1c1ccccc1.[Cu]. The van der Waals surface area contributed by atoms with Crippen molar-refractivity contribution in [1.29, 1.82) is 0 Å². The molecule has 9 rings (SSSR count). The summed E-state index contributed by atoms with van der Waals surface area (Å²) in [5, 5.41) is 0. The fraction of sp³-hybridized carbons (Fsp3) is 0. The Morgan fingerprint density at radius 3 is 1.39 bits per heavy atom. The van der Waals surface area contributed by atoms with Crippen molar-refractivity contribution in [2.75, 3.05) is 0 Å². The Morgan fingerprint density at radius 1 is 0.347 bits per heavy atom. The normalized spacial score (nSPS) is 17.5. The second kappa shape index (κ2) is 12.9. The molecule has 0 N–H and O–H groups in total. The molecule has 0 aliphatic carbocycles. The molecular formula is C44H28CuN4. The summed E-state index contributed by atoms with van der Waals surface area (Å²) in [5.41, 5.74) is 15.3. The van der Waals surface area contributed by atoms with E-state index in [4.69, 9.17) is 20.0 Å². The average Bonchev–Trinajstić information content (AvgIpc) is 3.94. The molecule has 8 bridgehead atoms. The minimum atomic E-state index is 0. The van der Waals surface area contributed by atoms with E-state index in [-0.39, 0.29) is 17.1 Å². The standard InChI is InChI=1S/C44H28N4.Cu/c1-5-13-29(14-6-1)38-27-37-26-35-22-21-33(45-35)25-34-23-24-36(46-34)28-39-40(30-15-7-2-8-16-30)41(31-17-9-3-10-18-31)44(48-39)42(43(38)47-37)32-19-11-4-12-20-32;/h1-28H;. The van der Waals surface area contributed by atoms with Crippen LogP contribution in [0.15, 0.2) is 213 Å². The zero-order valence-corrected chi connectivity index (χ0v) is 27.2. The van der Waals surface area contributed by atoms with Crippen molar-refractivity contribution in [2.24, 2.45) is 20.0 Å². The second-order valence-corrected chi connectivity index (χ2v) is 11.9. The van der Waals surface area contributed by atoms with Crippen molar-refractivity contribution in [2.45, 2.75) is 0 Å². The summed E-state index contributed by atoms with van der Waals surface area (Å²) >= 11 is 0. The van der Waals surface area contributed by atoms with E-state index in [2.05, 4.69) is 133 Å². The maximum Gasteiger partial charge on any atom is 0.0822 e. The van der Waals surface area contributed by atoms with Crippen LogP contribution in [0.2, 0.25) is 0 Å². The summed E-state index contributed by atoms with van der Waals surface area (Å²) in [4.78, 5) is 20.8. The number of hydrogen-bond acceptors (Lipinski definition) is 4. The molecule has 0 saturated carbocycles. The molecule has 235 valence electrons. The van der Waals surface area contributed by atoms with Crippen molar-refractivity contribution in [3.8, 4) is 0 Å². The monoisotopic (exact) mass is 675 g/mol. The van der Waals surface area contributed by atoms with E-state index in [0.29, 0.717) is 0 Å². The molecule has 1 radical (unpaired) electrons. The minimum absolute atomic E-state index is 0. The first-order chi connectivity index (χ1) is 23.8. The van der Waals surface area contributed by atoms with Crippen LogP contribution in [0, 0.1) is 0 Å². The Morgan fingerprint density at radius 2 is 0.816 bits per heavy atom. The van der Waals surface area contributed by atoms with Crippen molar-refractivity contribution in [1.82, 2.24) is 0 Å². The first-order valence-electron chi connectivity index (χ1n) is 16.1. The largest absolute Gasteiger partial charge is 0.249 e. The van der Waals surface area contributed by atoms with Gasteiger partial charge in [0.05, 0.1) is 45.6 Å². The topological polar surface area (TPSA) is 49.4 Å². The first-order valence-corrected chi connectivity index (χ1v) is 16.1. The van der Waals surface area contributed by atoms with Gasteiger partial charge in [0.25, 0.3) is 0 Å². The number of rotatable bonds is 4. The van der Waals surface area contributed by atoms with Crippen LogP contribution >= 0.6 is 0 Å². The van der Waals surface area contributed by atoms with Crippen LogP contribution in [0.3, 0.4) is 0 Å². The number of hydrogen-bond donors (Lipinski definition) is 0. The predicted molar refractivity (Wildman–Crippen MR) is 200 cm³/mol. The van der Waals surface area contributed by atoms with Crippen LogP contribution in [0.4, 0.5) is 0 Å². The van der Waals surface area contributed by atoms with Crippen LogP contribution in [0.25, 0.3) is 22.3 Å². The van der Waals surface area contributed by atoms with Crippen LogP contribution in [0.5, 0.6) is 0 Å². The molecule has 0 spiro atoms. The number of fused-ring (bicyclic) bond motifs is 4. The molecule has 0 unspecified atom stereocenters. The molecule has 0 saturated heterocycles. The summed E-state index contributed by atoms with van der Waals surface area (Å²) in [7, 11) is 0. The first kappa shape index (κ1) is 30.3. The van der Waals surface area contributed by atoms with Gasteiger partial charge < -0.3 is 0 Å². The van der Waals surface area contributed by atoms with Crippen molar-refractivity contribution in [3.63, 3.8) is 0 Å². The van der Waals surface area contributed by atoms with Crippen LogP contribution in [0.1, 0.15) is 22.3 Å². The van der Waals surface area contributed by atoms with Crippen molar-refractivity contribution in [3.05, 3.63) is 215 Å². The summed E-state index contributed by atoms with van der Waals surface area (Å²) in [5.74, 6) is 0. The third-order valence-electron chi connectivity index (χ3n) is 8.75. The molecule has 49 heavy (non-hydrogen) atoms. The fourth-order valence-corrected chi connectivity index (χ4v) is 6.63. The molecule has 0 aromatic heterocycles. The number of aliphatic imine (C=N–C) groups is 4.